The van der Waals surface area contributed by atoms with Crippen LogP contribution in [-0.4, -0.2) is 18.3 Å². The molecule has 0 unspecified atom stereocenters. The summed E-state index contributed by atoms with van der Waals surface area (Å²) in [5, 5.41) is 17.3. The van der Waals surface area contributed by atoms with Crippen molar-refractivity contribution in [2.45, 2.75) is 6.18 Å². The Labute approximate surface area is 397 Å². The number of fused-ring (bicyclic) bond motifs is 14. The Balaban J connectivity index is 1.24. The van der Waals surface area contributed by atoms with Gasteiger partial charge in [0, 0.05) is 60.0 Å². The zero-order chi connectivity index (χ0) is 46.8. The van der Waals surface area contributed by atoms with Crippen LogP contribution in [0.2, 0.25) is 0 Å². The second kappa shape index (κ2) is 14.8. The van der Waals surface area contributed by atoms with Crippen molar-refractivity contribution in [1.29, 1.82) is 5.26 Å². The molecular weight excluding hydrogens is 872 g/mol. The third-order valence-electron chi connectivity index (χ3n) is 14.2. The van der Waals surface area contributed by atoms with E-state index in [1.807, 2.05) is 149 Å². The van der Waals surface area contributed by atoms with Gasteiger partial charge in [-0.1, -0.05) is 152 Å². The van der Waals surface area contributed by atoms with Crippen LogP contribution in [0.15, 0.2) is 218 Å². The molecule has 0 saturated heterocycles. The summed E-state index contributed by atoms with van der Waals surface area (Å²) in [5.74, 6) is 0. The predicted octanol–water partition coefficient (Wildman–Crippen LogP) is 16.6. The SMILES string of the molecule is N#Cc1cccc(-c2ccc(-n3c4ccccc4c4ccc5c6ccccc6n(-c6ccccc6)c5c43)c(C(F)(F)F)c2-n2c3ccccc3c3ccc4c5ccccc5n(-c5ccccc5)c4c32)c1. The molecule has 70 heavy (non-hydrogen) atoms. The summed E-state index contributed by atoms with van der Waals surface area (Å²) in [6.45, 7) is 0. The fourth-order valence-corrected chi connectivity index (χ4v) is 11.4. The van der Waals surface area contributed by atoms with E-state index < -0.39 is 11.7 Å². The molecule has 0 radical (unpaired) electrons. The summed E-state index contributed by atoms with van der Waals surface area (Å²) in [4.78, 5) is 0. The maximum atomic E-state index is 17.5. The number of rotatable bonds is 5. The molecule has 0 saturated carbocycles. The van der Waals surface area contributed by atoms with E-state index in [0.29, 0.717) is 38.8 Å². The van der Waals surface area contributed by atoms with Crippen molar-refractivity contribution < 1.29 is 13.2 Å². The van der Waals surface area contributed by atoms with E-state index >= 15 is 13.2 Å². The van der Waals surface area contributed by atoms with Crippen LogP contribution in [0.3, 0.4) is 0 Å². The van der Waals surface area contributed by atoms with E-state index in [1.54, 1.807) is 30.3 Å². The Bertz CT molecular complexity index is 4520. The van der Waals surface area contributed by atoms with Crippen molar-refractivity contribution in [2.24, 2.45) is 0 Å². The van der Waals surface area contributed by atoms with Gasteiger partial charge in [-0.15, -0.1) is 0 Å². The minimum atomic E-state index is -4.93. The van der Waals surface area contributed by atoms with Crippen LogP contribution in [0.4, 0.5) is 13.2 Å². The molecule has 0 N–H and O–H groups in total. The van der Waals surface area contributed by atoms with Gasteiger partial charge in [-0.05, 0) is 72.3 Å². The van der Waals surface area contributed by atoms with Crippen LogP contribution in [0.1, 0.15) is 11.1 Å². The molecular formula is C62H36F3N5. The summed E-state index contributed by atoms with van der Waals surface area (Å²) >= 11 is 0. The van der Waals surface area contributed by atoms with Gasteiger partial charge in [0.05, 0.1) is 67.1 Å². The second-order valence-electron chi connectivity index (χ2n) is 17.8. The lowest BCUT2D eigenvalue weighted by molar-refractivity contribution is -0.137. The van der Waals surface area contributed by atoms with E-state index in [9.17, 15) is 5.26 Å². The highest BCUT2D eigenvalue weighted by molar-refractivity contribution is 6.26. The first-order chi connectivity index (χ1) is 34.4. The Morgan fingerprint density at radius 1 is 0.357 bits per heavy atom. The van der Waals surface area contributed by atoms with Gasteiger partial charge in [0.1, 0.15) is 5.56 Å². The van der Waals surface area contributed by atoms with Gasteiger partial charge < -0.3 is 18.3 Å². The quantitative estimate of drug-likeness (QED) is 0.170. The smallest absolute Gasteiger partial charge is 0.307 e. The number of benzene rings is 10. The Morgan fingerprint density at radius 3 is 1.21 bits per heavy atom. The van der Waals surface area contributed by atoms with Gasteiger partial charge >= 0.3 is 6.18 Å². The van der Waals surface area contributed by atoms with Crippen molar-refractivity contribution >= 4 is 87.2 Å². The van der Waals surface area contributed by atoms with Crippen molar-refractivity contribution in [2.75, 3.05) is 0 Å². The first-order valence-electron chi connectivity index (χ1n) is 23.2. The molecule has 0 atom stereocenters. The van der Waals surface area contributed by atoms with Crippen LogP contribution in [-0.2, 0) is 6.18 Å². The number of nitrogens with zero attached hydrogens (tertiary/aromatic N) is 5. The molecule has 4 aromatic heterocycles. The predicted molar refractivity (Wildman–Crippen MR) is 279 cm³/mol. The molecule has 0 fully saturated rings. The minimum Gasteiger partial charge on any atom is -0.307 e. The third kappa shape index (κ3) is 5.54. The molecule has 5 nitrogen and oxygen atoms in total. The summed E-state index contributed by atoms with van der Waals surface area (Å²) in [6, 6.07) is 72.7. The molecule has 0 aliphatic heterocycles. The van der Waals surface area contributed by atoms with Gasteiger partial charge in [0.25, 0.3) is 0 Å². The highest BCUT2D eigenvalue weighted by atomic mass is 19.4. The minimum absolute atomic E-state index is 0.0204. The first-order valence-corrected chi connectivity index (χ1v) is 23.2. The summed E-state index contributed by atoms with van der Waals surface area (Å²) < 4.78 is 60.6. The molecule has 330 valence electrons. The van der Waals surface area contributed by atoms with Crippen LogP contribution >= 0.6 is 0 Å². The fourth-order valence-electron chi connectivity index (χ4n) is 11.4. The number of alkyl halides is 3. The Kier molecular flexibility index (Phi) is 8.44. The second-order valence-corrected chi connectivity index (χ2v) is 17.8. The van der Waals surface area contributed by atoms with Crippen LogP contribution in [0.25, 0.3) is 121 Å². The highest BCUT2D eigenvalue weighted by Gasteiger charge is 2.41. The molecule has 8 heteroatoms. The van der Waals surface area contributed by atoms with Gasteiger partial charge in [-0.2, -0.15) is 18.4 Å². The van der Waals surface area contributed by atoms with Crippen molar-refractivity contribution in [3.8, 4) is 39.9 Å². The van der Waals surface area contributed by atoms with Gasteiger partial charge in [0.15, 0.2) is 0 Å². The molecule has 4 heterocycles. The molecule has 10 aromatic carbocycles. The number of aromatic nitrogens is 4. The number of hydrogen-bond donors (Lipinski definition) is 0. The van der Waals surface area contributed by atoms with E-state index in [0.717, 1.165) is 76.5 Å². The van der Waals surface area contributed by atoms with Crippen LogP contribution in [0, 0.1) is 11.3 Å². The summed E-state index contributed by atoms with van der Waals surface area (Å²) in [5.41, 5.74) is 8.07. The molecule has 0 spiro atoms. The third-order valence-corrected chi connectivity index (χ3v) is 14.2. The topological polar surface area (TPSA) is 43.5 Å². The van der Waals surface area contributed by atoms with E-state index in [4.69, 9.17) is 0 Å². The van der Waals surface area contributed by atoms with E-state index in [1.165, 1.54) is 0 Å². The maximum absolute atomic E-state index is 17.5. The van der Waals surface area contributed by atoms with Crippen molar-refractivity contribution in [1.82, 2.24) is 18.3 Å². The Hall–Kier alpha value is -9.32. The average Bonchev–Trinajstić information content (AvgIpc) is 4.14. The van der Waals surface area contributed by atoms with Crippen LogP contribution in [0.5, 0.6) is 0 Å². The summed E-state index contributed by atoms with van der Waals surface area (Å²) in [7, 11) is 0. The van der Waals surface area contributed by atoms with E-state index in [2.05, 4.69) is 63.7 Å². The molecule has 0 aliphatic rings. The summed E-state index contributed by atoms with van der Waals surface area (Å²) in [6.07, 6.45) is -4.93. The lowest BCUT2D eigenvalue weighted by atomic mass is 9.96. The zero-order valence-corrected chi connectivity index (χ0v) is 37.2. The number of halogens is 3. The first kappa shape index (κ1) is 39.8. The number of nitriles is 1. The highest BCUT2D eigenvalue weighted by Crippen LogP contribution is 2.50. The van der Waals surface area contributed by atoms with Crippen LogP contribution < -0.4 is 0 Å². The van der Waals surface area contributed by atoms with Gasteiger partial charge in [-0.25, -0.2) is 0 Å². The number of hydrogen-bond acceptors (Lipinski definition) is 1. The van der Waals surface area contributed by atoms with Gasteiger partial charge in [-0.3, -0.25) is 0 Å². The average molecular weight is 908 g/mol. The normalized spacial score (nSPS) is 12.2. The molecule has 0 bridgehead atoms. The van der Waals surface area contributed by atoms with E-state index in [-0.39, 0.29) is 11.4 Å². The van der Waals surface area contributed by atoms with Crippen molar-refractivity contribution in [3.05, 3.63) is 230 Å². The monoisotopic (exact) mass is 907 g/mol. The maximum Gasteiger partial charge on any atom is 0.420 e. The van der Waals surface area contributed by atoms with Crippen molar-refractivity contribution in [3.63, 3.8) is 0 Å². The molecule has 14 aromatic rings. The molecule has 0 aliphatic carbocycles. The Morgan fingerprint density at radius 2 is 0.757 bits per heavy atom. The van der Waals surface area contributed by atoms with Gasteiger partial charge in [0.2, 0.25) is 0 Å². The number of para-hydroxylation sites is 6. The molecule has 0 amide bonds. The molecule has 14 rings (SSSR count). The lowest BCUT2D eigenvalue weighted by Gasteiger charge is -2.25. The largest absolute Gasteiger partial charge is 0.420 e. The zero-order valence-electron chi connectivity index (χ0n) is 37.2. The fraction of sp³-hybridized carbons (Fsp3) is 0.0161. The standard InChI is InChI=1S/C62H36F3N5/c63-62(64,65)56-55(69-53-28-13-9-24-45(53)49-32-30-47-43-22-7-11-26-51(43)67(58(47)60(49)69)40-18-3-1-4-19-40)35-34-42(39-17-15-16-38(36-39)37-66)57(56)70-54-29-14-10-25-46(54)50-33-31-48-44-23-8-12-27-52(44)68(59(48)61(50)70)41-20-5-2-6-21-41/h1-36H. The lowest BCUT2D eigenvalue weighted by Crippen LogP contribution is -2.17.